The van der Waals surface area contributed by atoms with Gasteiger partial charge in [0, 0.05) is 30.1 Å². The van der Waals surface area contributed by atoms with E-state index in [-0.39, 0.29) is 13.2 Å². The molecule has 0 radical (unpaired) electrons. The highest BCUT2D eigenvalue weighted by molar-refractivity contribution is 5.84. The van der Waals surface area contributed by atoms with Crippen LogP contribution in [0.5, 0.6) is 5.75 Å². The van der Waals surface area contributed by atoms with Crippen LogP contribution in [0, 0.1) is 0 Å². The fourth-order valence-electron chi connectivity index (χ4n) is 2.81. The van der Waals surface area contributed by atoms with Gasteiger partial charge in [-0.1, -0.05) is 36.4 Å². The predicted octanol–water partition coefficient (Wildman–Crippen LogP) is 2.19. The van der Waals surface area contributed by atoms with Crippen molar-refractivity contribution >= 4 is 16.9 Å². The minimum atomic E-state index is -0.952. The summed E-state index contributed by atoms with van der Waals surface area (Å²) in [5.74, 6) is -0.286. The van der Waals surface area contributed by atoms with Crippen LogP contribution in [-0.2, 0) is 11.2 Å². The van der Waals surface area contributed by atoms with E-state index in [0.717, 1.165) is 16.5 Å². The number of para-hydroxylation sites is 2. The number of hydrogen-bond acceptors (Lipinski definition) is 4. The fraction of sp³-hybridized carbons (Fsp3) is 0.250. The average Bonchev–Trinajstić information content (AvgIpc) is 3.07. The number of nitrogens with one attached hydrogen (secondary N) is 2. The smallest absolute Gasteiger partial charge is 0.321 e. The van der Waals surface area contributed by atoms with Gasteiger partial charge in [-0.2, -0.15) is 0 Å². The van der Waals surface area contributed by atoms with Crippen molar-refractivity contribution in [3.8, 4) is 5.75 Å². The van der Waals surface area contributed by atoms with Gasteiger partial charge < -0.3 is 25.3 Å². The molecule has 1 heterocycles. The summed E-state index contributed by atoms with van der Waals surface area (Å²) in [5, 5.41) is 23.5. The molecule has 2 aromatic carbocycles. The molecule has 3 rings (SSSR count). The Balaban J connectivity index is 1.54. The standard InChI is InChI=1S/C20H22N2O4/c23-15(13-26-16-6-2-1-3-7-16)12-22-19(20(24)25)10-14-11-21-18-9-5-4-8-17(14)18/h1-9,11,15,19,21-23H,10,12-13H2,(H,24,25)/t15-,19+/m0/s1. The maximum Gasteiger partial charge on any atom is 0.321 e. The van der Waals surface area contributed by atoms with Gasteiger partial charge >= 0.3 is 5.97 Å². The molecule has 0 unspecified atom stereocenters. The lowest BCUT2D eigenvalue weighted by molar-refractivity contribution is -0.139. The van der Waals surface area contributed by atoms with Crippen LogP contribution in [-0.4, -0.2) is 46.5 Å². The van der Waals surface area contributed by atoms with Crippen molar-refractivity contribution in [3.05, 3.63) is 66.4 Å². The van der Waals surface area contributed by atoms with E-state index in [1.54, 1.807) is 12.1 Å². The van der Waals surface area contributed by atoms with Gasteiger partial charge in [-0.15, -0.1) is 0 Å². The van der Waals surface area contributed by atoms with E-state index in [4.69, 9.17) is 4.74 Å². The van der Waals surface area contributed by atoms with Crippen LogP contribution < -0.4 is 10.1 Å². The lowest BCUT2D eigenvalue weighted by atomic mass is 10.0. The van der Waals surface area contributed by atoms with Crippen LogP contribution in [0.25, 0.3) is 10.9 Å². The van der Waals surface area contributed by atoms with Crippen molar-refractivity contribution in [2.24, 2.45) is 0 Å². The van der Waals surface area contributed by atoms with Gasteiger partial charge in [-0.25, -0.2) is 0 Å². The Bertz CT molecular complexity index is 847. The minimum Gasteiger partial charge on any atom is -0.491 e. The van der Waals surface area contributed by atoms with Crippen LogP contribution in [0.1, 0.15) is 5.56 Å². The maximum atomic E-state index is 11.6. The van der Waals surface area contributed by atoms with E-state index in [1.807, 2.05) is 48.7 Å². The number of carbonyl (C=O) groups is 1. The number of benzene rings is 2. The zero-order chi connectivity index (χ0) is 18.4. The quantitative estimate of drug-likeness (QED) is 0.473. The van der Waals surface area contributed by atoms with Gasteiger partial charge in [-0.05, 0) is 23.8 Å². The first-order valence-corrected chi connectivity index (χ1v) is 8.50. The second-order valence-corrected chi connectivity index (χ2v) is 6.14. The number of fused-ring (bicyclic) bond motifs is 1. The van der Waals surface area contributed by atoms with E-state index in [1.165, 1.54) is 0 Å². The Morgan fingerprint density at radius 3 is 2.62 bits per heavy atom. The van der Waals surface area contributed by atoms with Crippen LogP contribution in [0.15, 0.2) is 60.8 Å². The third-order valence-corrected chi connectivity index (χ3v) is 4.18. The number of rotatable bonds is 9. The second kappa shape index (κ2) is 8.51. The molecule has 0 spiro atoms. The molecule has 0 bridgehead atoms. The van der Waals surface area contributed by atoms with Gasteiger partial charge in [0.25, 0.3) is 0 Å². The molecule has 0 saturated heterocycles. The van der Waals surface area contributed by atoms with Gasteiger partial charge in [0.1, 0.15) is 24.5 Å². The molecule has 0 aliphatic heterocycles. The molecule has 2 atom stereocenters. The van der Waals surface area contributed by atoms with Gasteiger partial charge in [0.2, 0.25) is 0 Å². The van der Waals surface area contributed by atoms with Crippen molar-refractivity contribution in [1.29, 1.82) is 0 Å². The Morgan fingerprint density at radius 2 is 1.85 bits per heavy atom. The monoisotopic (exact) mass is 354 g/mol. The van der Waals surface area contributed by atoms with E-state index in [9.17, 15) is 15.0 Å². The van der Waals surface area contributed by atoms with E-state index in [0.29, 0.717) is 12.2 Å². The molecular formula is C20H22N2O4. The Morgan fingerprint density at radius 1 is 1.12 bits per heavy atom. The van der Waals surface area contributed by atoms with Crippen molar-refractivity contribution < 1.29 is 19.7 Å². The van der Waals surface area contributed by atoms with Gasteiger partial charge in [0.15, 0.2) is 0 Å². The zero-order valence-corrected chi connectivity index (χ0v) is 14.3. The number of carboxylic acid groups (broad SMARTS) is 1. The largest absolute Gasteiger partial charge is 0.491 e. The summed E-state index contributed by atoms with van der Waals surface area (Å²) in [7, 11) is 0. The average molecular weight is 354 g/mol. The highest BCUT2D eigenvalue weighted by Gasteiger charge is 2.20. The Hall–Kier alpha value is -2.83. The Labute approximate surface area is 151 Å². The third kappa shape index (κ3) is 4.62. The minimum absolute atomic E-state index is 0.0937. The number of aromatic amines is 1. The van der Waals surface area contributed by atoms with Crippen molar-refractivity contribution in [2.75, 3.05) is 13.2 Å². The number of aliphatic carboxylic acids is 1. The number of aromatic nitrogens is 1. The SMILES string of the molecule is O=C(O)[C@@H](Cc1c[nH]c2ccccc12)NC[C@H](O)COc1ccccc1. The first-order valence-electron chi connectivity index (χ1n) is 8.50. The van der Waals surface area contributed by atoms with Crippen molar-refractivity contribution in [1.82, 2.24) is 10.3 Å². The van der Waals surface area contributed by atoms with E-state index in [2.05, 4.69) is 10.3 Å². The number of H-pyrrole nitrogens is 1. The summed E-state index contributed by atoms with van der Waals surface area (Å²) in [5.41, 5.74) is 1.90. The lowest BCUT2D eigenvalue weighted by Crippen LogP contribution is -2.43. The lowest BCUT2D eigenvalue weighted by Gasteiger charge is -2.18. The first-order chi connectivity index (χ1) is 12.6. The molecule has 0 amide bonds. The topological polar surface area (TPSA) is 94.6 Å². The summed E-state index contributed by atoms with van der Waals surface area (Å²) < 4.78 is 5.48. The van der Waals surface area contributed by atoms with Crippen molar-refractivity contribution in [3.63, 3.8) is 0 Å². The van der Waals surface area contributed by atoms with Crippen molar-refractivity contribution in [2.45, 2.75) is 18.6 Å². The second-order valence-electron chi connectivity index (χ2n) is 6.14. The highest BCUT2D eigenvalue weighted by Crippen LogP contribution is 2.19. The summed E-state index contributed by atoms with van der Waals surface area (Å²) >= 11 is 0. The molecule has 136 valence electrons. The summed E-state index contributed by atoms with van der Waals surface area (Å²) in [6.45, 7) is 0.225. The Kier molecular flexibility index (Phi) is 5.88. The molecule has 0 aliphatic rings. The van der Waals surface area contributed by atoms with Gasteiger partial charge in [-0.3, -0.25) is 4.79 Å². The molecule has 0 fully saturated rings. The molecule has 4 N–H and O–H groups in total. The van der Waals surface area contributed by atoms with Gasteiger partial charge in [0.05, 0.1) is 0 Å². The zero-order valence-electron chi connectivity index (χ0n) is 14.3. The molecule has 6 heteroatoms. The van der Waals surface area contributed by atoms with Crippen LogP contribution >= 0.6 is 0 Å². The van der Waals surface area contributed by atoms with Crippen LogP contribution in [0.2, 0.25) is 0 Å². The first kappa shape index (κ1) is 18.0. The highest BCUT2D eigenvalue weighted by atomic mass is 16.5. The maximum absolute atomic E-state index is 11.6. The number of hydrogen-bond donors (Lipinski definition) is 4. The molecule has 3 aromatic rings. The van der Waals surface area contributed by atoms with E-state index >= 15 is 0 Å². The van der Waals surface area contributed by atoms with Crippen LogP contribution in [0.3, 0.4) is 0 Å². The summed E-state index contributed by atoms with van der Waals surface area (Å²) in [4.78, 5) is 14.7. The summed E-state index contributed by atoms with van der Waals surface area (Å²) in [6.07, 6.45) is 1.35. The number of aliphatic hydroxyl groups is 1. The number of ether oxygens (including phenoxy) is 1. The molecular weight excluding hydrogens is 332 g/mol. The summed E-state index contributed by atoms with van der Waals surface area (Å²) in [6, 6.07) is 16.2. The molecule has 0 saturated carbocycles. The normalized spacial score (nSPS) is 13.4. The third-order valence-electron chi connectivity index (χ3n) is 4.18. The fourth-order valence-corrected chi connectivity index (χ4v) is 2.81. The van der Waals surface area contributed by atoms with Crippen LogP contribution in [0.4, 0.5) is 0 Å². The molecule has 26 heavy (non-hydrogen) atoms. The number of aliphatic hydroxyl groups excluding tert-OH is 1. The molecule has 6 nitrogen and oxygen atoms in total. The van der Waals surface area contributed by atoms with E-state index < -0.39 is 18.1 Å². The molecule has 1 aromatic heterocycles. The predicted molar refractivity (Wildman–Crippen MR) is 99.4 cm³/mol. The number of carboxylic acids is 1. The molecule has 0 aliphatic carbocycles.